The van der Waals surface area contributed by atoms with Gasteiger partial charge in [-0.05, 0) is 19.3 Å². The lowest BCUT2D eigenvalue weighted by Crippen LogP contribution is -2.42. The highest BCUT2D eigenvalue weighted by atomic mass is 16.5. The SMILES string of the molecule is CCCCNC(=NCC(=O)N(C)C)NCC1CCCO1. The van der Waals surface area contributed by atoms with Crippen LogP contribution in [0, 0.1) is 0 Å². The van der Waals surface area contributed by atoms with Gasteiger partial charge in [0.25, 0.3) is 0 Å². The first-order valence-electron chi connectivity index (χ1n) is 7.47. The molecule has 6 nitrogen and oxygen atoms in total. The van der Waals surface area contributed by atoms with Crippen LogP contribution in [0.1, 0.15) is 32.6 Å². The molecule has 1 saturated heterocycles. The third kappa shape index (κ3) is 6.75. The zero-order valence-electron chi connectivity index (χ0n) is 12.9. The van der Waals surface area contributed by atoms with Gasteiger partial charge in [-0.25, -0.2) is 4.99 Å². The van der Waals surface area contributed by atoms with Gasteiger partial charge in [-0.2, -0.15) is 0 Å². The largest absolute Gasteiger partial charge is 0.376 e. The van der Waals surface area contributed by atoms with Gasteiger partial charge >= 0.3 is 0 Å². The van der Waals surface area contributed by atoms with E-state index in [1.165, 1.54) is 0 Å². The molecule has 6 heteroatoms. The van der Waals surface area contributed by atoms with E-state index in [1.807, 2.05) is 0 Å². The number of nitrogens with zero attached hydrogens (tertiary/aromatic N) is 2. The fraction of sp³-hybridized carbons (Fsp3) is 0.857. The number of aliphatic imine (C=N–C) groups is 1. The van der Waals surface area contributed by atoms with Crippen LogP contribution in [-0.2, 0) is 9.53 Å². The second-order valence-electron chi connectivity index (χ2n) is 5.25. The Kier molecular flexibility index (Phi) is 8.02. The van der Waals surface area contributed by atoms with Gasteiger partial charge in [-0.15, -0.1) is 0 Å². The lowest BCUT2D eigenvalue weighted by molar-refractivity contribution is -0.127. The smallest absolute Gasteiger partial charge is 0.243 e. The van der Waals surface area contributed by atoms with E-state index in [2.05, 4.69) is 22.5 Å². The minimum Gasteiger partial charge on any atom is -0.376 e. The predicted molar refractivity (Wildman–Crippen MR) is 80.9 cm³/mol. The Hall–Kier alpha value is -1.30. The molecule has 1 atom stereocenters. The van der Waals surface area contributed by atoms with Crippen LogP contribution < -0.4 is 10.6 Å². The number of unbranched alkanes of at least 4 members (excludes halogenated alkanes) is 1. The number of rotatable bonds is 7. The number of hydrogen-bond donors (Lipinski definition) is 2. The number of hydrogen-bond acceptors (Lipinski definition) is 3. The summed E-state index contributed by atoms with van der Waals surface area (Å²) < 4.78 is 5.57. The average molecular weight is 284 g/mol. The van der Waals surface area contributed by atoms with Crippen molar-refractivity contribution in [3.05, 3.63) is 0 Å². The van der Waals surface area contributed by atoms with E-state index >= 15 is 0 Å². The molecule has 1 aliphatic heterocycles. The van der Waals surface area contributed by atoms with E-state index in [-0.39, 0.29) is 18.6 Å². The molecule has 0 aromatic carbocycles. The average Bonchev–Trinajstić information content (AvgIpc) is 2.94. The third-order valence-corrected chi connectivity index (χ3v) is 3.22. The second-order valence-corrected chi connectivity index (χ2v) is 5.25. The molecule has 1 rings (SSSR count). The summed E-state index contributed by atoms with van der Waals surface area (Å²) in [5.74, 6) is 0.697. The Morgan fingerprint density at radius 1 is 1.40 bits per heavy atom. The molecule has 0 aromatic rings. The monoisotopic (exact) mass is 284 g/mol. The summed E-state index contributed by atoms with van der Waals surface area (Å²) in [5, 5.41) is 6.51. The van der Waals surface area contributed by atoms with Crippen LogP contribution in [0.4, 0.5) is 0 Å². The van der Waals surface area contributed by atoms with Crippen molar-refractivity contribution in [3.8, 4) is 0 Å². The highest BCUT2D eigenvalue weighted by Crippen LogP contribution is 2.10. The molecule has 116 valence electrons. The maximum Gasteiger partial charge on any atom is 0.243 e. The number of carbonyl (C=O) groups excluding carboxylic acids is 1. The van der Waals surface area contributed by atoms with Crippen molar-refractivity contribution in [2.45, 2.75) is 38.7 Å². The fourth-order valence-electron chi connectivity index (χ4n) is 1.86. The minimum absolute atomic E-state index is 0.00120. The zero-order valence-corrected chi connectivity index (χ0v) is 12.9. The summed E-state index contributed by atoms with van der Waals surface area (Å²) in [6.07, 6.45) is 4.69. The van der Waals surface area contributed by atoms with Crippen LogP contribution in [0.5, 0.6) is 0 Å². The first-order valence-corrected chi connectivity index (χ1v) is 7.47. The molecule has 0 aromatic heterocycles. The van der Waals surface area contributed by atoms with Crippen LogP contribution in [0.15, 0.2) is 4.99 Å². The van der Waals surface area contributed by atoms with Gasteiger partial charge in [0.05, 0.1) is 6.10 Å². The number of amides is 1. The highest BCUT2D eigenvalue weighted by Gasteiger charge is 2.15. The van der Waals surface area contributed by atoms with Crippen LogP contribution in [0.2, 0.25) is 0 Å². The third-order valence-electron chi connectivity index (χ3n) is 3.22. The maximum atomic E-state index is 11.6. The Morgan fingerprint density at radius 2 is 2.20 bits per heavy atom. The Balaban J connectivity index is 2.40. The van der Waals surface area contributed by atoms with Crippen molar-refractivity contribution >= 4 is 11.9 Å². The summed E-state index contributed by atoms with van der Waals surface area (Å²) in [7, 11) is 3.48. The summed E-state index contributed by atoms with van der Waals surface area (Å²) in [6, 6.07) is 0. The molecule has 0 spiro atoms. The molecule has 20 heavy (non-hydrogen) atoms. The minimum atomic E-state index is -0.00120. The van der Waals surface area contributed by atoms with Gasteiger partial charge in [0.1, 0.15) is 6.54 Å². The van der Waals surface area contributed by atoms with Gasteiger partial charge in [0.15, 0.2) is 5.96 Å². The number of nitrogens with one attached hydrogen (secondary N) is 2. The molecular formula is C14H28N4O2. The zero-order chi connectivity index (χ0) is 14.8. The summed E-state index contributed by atoms with van der Waals surface area (Å²) >= 11 is 0. The number of likely N-dealkylation sites (N-methyl/N-ethyl adjacent to an activating group) is 1. The molecule has 0 bridgehead atoms. The van der Waals surface area contributed by atoms with Crippen molar-refractivity contribution in [1.82, 2.24) is 15.5 Å². The fourth-order valence-corrected chi connectivity index (χ4v) is 1.86. The van der Waals surface area contributed by atoms with Crippen LogP contribution in [0.25, 0.3) is 0 Å². The Bertz CT molecular complexity index is 312. The lowest BCUT2D eigenvalue weighted by Gasteiger charge is -2.16. The van der Waals surface area contributed by atoms with Crippen molar-refractivity contribution < 1.29 is 9.53 Å². The number of guanidine groups is 1. The Labute approximate surface area is 122 Å². The molecule has 1 aliphatic rings. The van der Waals surface area contributed by atoms with Gasteiger partial charge in [-0.1, -0.05) is 13.3 Å². The molecule has 1 heterocycles. The van der Waals surface area contributed by atoms with Crippen molar-refractivity contribution in [2.24, 2.45) is 4.99 Å². The van der Waals surface area contributed by atoms with Gasteiger partial charge in [-0.3, -0.25) is 4.79 Å². The highest BCUT2D eigenvalue weighted by molar-refractivity contribution is 5.84. The predicted octanol–water partition coefficient (Wildman–Crippen LogP) is 0.589. The molecule has 0 radical (unpaired) electrons. The molecule has 1 amide bonds. The summed E-state index contributed by atoms with van der Waals surface area (Å²) in [6.45, 7) is 4.77. The topological polar surface area (TPSA) is 66.0 Å². The van der Waals surface area contributed by atoms with Gasteiger partial charge < -0.3 is 20.3 Å². The van der Waals surface area contributed by atoms with Gasteiger partial charge in [0, 0.05) is 33.8 Å². The van der Waals surface area contributed by atoms with Crippen molar-refractivity contribution in [2.75, 3.05) is 40.3 Å². The van der Waals surface area contributed by atoms with Gasteiger partial charge in [0.2, 0.25) is 5.91 Å². The molecule has 1 fully saturated rings. The normalized spacial score (nSPS) is 18.9. The van der Waals surface area contributed by atoms with Crippen LogP contribution in [-0.4, -0.2) is 63.2 Å². The van der Waals surface area contributed by atoms with E-state index < -0.39 is 0 Å². The summed E-state index contributed by atoms with van der Waals surface area (Å²) in [5.41, 5.74) is 0. The number of ether oxygens (including phenoxy) is 1. The number of carbonyl (C=O) groups is 1. The second kappa shape index (κ2) is 9.58. The standard InChI is InChI=1S/C14H28N4O2/c1-4-5-8-15-14(17-11-13(19)18(2)3)16-10-12-7-6-9-20-12/h12H,4-11H2,1-3H3,(H2,15,16,17). The molecule has 0 saturated carbocycles. The van der Waals surface area contributed by atoms with E-state index in [1.54, 1.807) is 19.0 Å². The first-order chi connectivity index (χ1) is 9.63. The summed E-state index contributed by atoms with van der Waals surface area (Å²) in [4.78, 5) is 17.5. The molecule has 0 aliphatic carbocycles. The van der Waals surface area contributed by atoms with Crippen molar-refractivity contribution in [1.29, 1.82) is 0 Å². The first kappa shape index (κ1) is 16.8. The van der Waals surface area contributed by atoms with Crippen LogP contribution >= 0.6 is 0 Å². The van der Waals surface area contributed by atoms with E-state index in [0.717, 1.165) is 45.4 Å². The quantitative estimate of drug-likeness (QED) is 0.408. The maximum absolute atomic E-state index is 11.6. The van der Waals surface area contributed by atoms with Crippen LogP contribution in [0.3, 0.4) is 0 Å². The molecular weight excluding hydrogens is 256 g/mol. The Morgan fingerprint density at radius 3 is 2.80 bits per heavy atom. The molecule has 2 N–H and O–H groups in total. The van der Waals surface area contributed by atoms with E-state index in [9.17, 15) is 4.79 Å². The molecule has 1 unspecified atom stereocenters. The lowest BCUT2D eigenvalue weighted by atomic mass is 10.2. The van der Waals surface area contributed by atoms with E-state index in [0.29, 0.717) is 5.96 Å². The van der Waals surface area contributed by atoms with E-state index in [4.69, 9.17) is 4.74 Å². The van der Waals surface area contributed by atoms with Crippen molar-refractivity contribution in [3.63, 3.8) is 0 Å².